The minimum atomic E-state index is -0.750. The van der Waals surface area contributed by atoms with E-state index in [-0.39, 0.29) is 0 Å². The summed E-state index contributed by atoms with van der Waals surface area (Å²) in [6, 6.07) is 12.7. The first-order valence-electron chi connectivity index (χ1n) is 7.13. The molecule has 0 aromatic heterocycles. The van der Waals surface area contributed by atoms with Gasteiger partial charge in [0.15, 0.2) is 0 Å². The van der Waals surface area contributed by atoms with E-state index in [4.69, 9.17) is 9.94 Å². The van der Waals surface area contributed by atoms with Gasteiger partial charge in [-0.15, -0.1) is 0 Å². The number of ether oxygens (including phenoxy) is 1. The van der Waals surface area contributed by atoms with Gasteiger partial charge >= 0.3 is 12.0 Å². The van der Waals surface area contributed by atoms with Crippen molar-refractivity contribution >= 4 is 17.7 Å². The van der Waals surface area contributed by atoms with Gasteiger partial charge < -0.3 is 10.1 Å². The highest BCUT2D eigenvalue weighted by Gasteiger charge is 2.09. The van der Waals surface area contributed by atoms with Gasteiger partial charge in [-0.2, -0.15) is 0 Å². The normalized spacial score (nSPS) is 10.3. The summed E-state index contributed by atoms with van der Waals surface area (Å²) in [5, 5.41) is 10.8. The zero-order chi connectivity index (χ0) is 16.8. The second-order valence-corrected chi connectivity index (χ2v) is 5.26. The molecule has 2 rings (SSSR count). The summed E-state index contributed by atoms with van der Waals surface area (Å²) in [6.45, 7) is 4.17. The van der Waals surface area contributed by atoms with Gasteiger partial charge in [0.1, 0.15) is 5.75 Å². The Morgan fingerprint density at radius 3 is 2.13 bits per heavy atom. The summed E-state index contributed by atoms with van der Waals surface area (Å²) in [4.78, 5) is 23.0. The molecule has 0 saturated heterocycles. The average molecular weight is 314 g/mol. The lowest BCUT2D eigenvalue weighted by Crippen LogP contribution is -2.24. The van der Waals surface area contributed by atoms with Crippen LogP contribution < -0.4 is 15.5 Å². The molecule has 120 valence electrons. The Bertz CT molecular complexity index is 679. The average Bonchev–Trinajstić information content (AvgIpc) is 2.56. The van der Waals surface area contributed by atoms with E-state index in [9.17, 15) is 9.59 Å². The number of benzene rings is 2. The first-order chi connectivity index (χ1) is 11.0. The summed E-state index contributed by atoms with van der Waals surface area (Å²) in [5.41, 5.74) is 3.54. The highest BCUT2D eigenvalue weighted by Crippen LogP contribution is 2.19. The Labute approximate surface area is 134 Å². The van der Waals surface area contributed by atoms with Gasteiger partial charge in [0.2, 0.25) is 0 Å². The topological polar surface area (TPSA) is 87.7 Å². The summed E-state index contributed by atoms with van der Waals surface area (Å²) in [6.07, 6.45) is 0. The van der Waals surface area contributed by atoms with Crippen molar-refractivity contribution in [3.05, 3.63) is 59.7 Å². The molecule has 3 N–H and O–H groups in total. The van der Waals surface area contributed by atoms with E-state index < -0.39 is 12.0 Å². The first kappa shape index (κ1) is 16.5. The molecular formula is C17H18N2O4. The predicted octanol–water partition coefficient (Wildman–Crippen LogP) is 3.54. The number of rotatable bonds is 4. The van der Waals surface area contributed by atoms with Crippen molar-refractivity contribution in [3.8, 4) is 5.75 Å². The van der Waals surface area contributed by atoms with Crippen LogP contribution in [0.2, 0.25) is 0 Å². The monoisotopic (exact) mass is 314 g/mol. The number of hydrogen-bond donors (Lipinski definition) is 3. The van der Waals surface area contributed by atoms with E-state index in [1.54, 1.807) is 36.4 Å². The van der Waals surface area contributed by atoms with Crippen LogP contribution >= 0.6 is 0 Å². The number of carbonyl (C=O) groups excluding carboxylic acids is 2. The lowest BCUT2D eigenvalue weighted by atomic mass is 10.0. The van der Waals surface area contributed by atoms with Crippen molar-refractivity contribution in [2.24, 2.45) is 0 Å². The van der Waals surface area contributed by atoms with Crippen LogP contribution in [0.1, 0.15) is 35.7 Å². The third-order valence-electron chi connectivity index (χ3n) is 3.24. The van der Waals surface area contributed by atoms with Crippen LogP contribution in [0.5, 0.6) is 5.75 Å². The maximum atomic E-state index is 12.1. The van der Waals surface area contributed by atoms with Crippen LogP contribution in [-0.2, 0) is 0 Å². The number of carbonyl (C=O) groups is 2. The van der Waals surface area contributed by atoms with Crippen LogP contribution in [0.3, 0.4) is 0 Å². The van der Waals surface area contributed by atoms with Gasteiger partial charge in [0.05, 0.1) is 5.56 Å². The largest absolute Gasteiger partial charge is 0.423 e. The summed E-state index contributed by atoms with van der Waals surface area (Å²) >= 11 is 0. The van der Waals surface area contributed by atoms with E-state index in [1.807, 2.05) is 12.1 Å². The second kappa shape index (κ2) is 7.42. The van der Waals surface area contributed by atoms with Crippen LogP contribution in [0.4, 0.5) is 10.5 Å². The lowest BCUT2D eigenvalue weighted by Gasteiger charge is -2.08. The van der Waals surface area contributed by atoms with Crippen LogP contribution in [0.25, 0.3) is 0 Å². The Morgan fingerprint density at radius 2 is 1.61 bits per heavy atom. The third-order valence-corrected chi connectivity index (χ3v) is 3.24. The zero-order valence-electron chi connectivity index (χ0n) is 12.9. The summed E-state index contributed by atoms with van der Waals surface area (Å²) < 4.78 is 5.27. The Morgan fingerprint density at radius 1 is 1.00 bits per heavy atom. The van der Waals surface area contributed by atoms with Gasteiger partial charge in [-0.25, -0.2) is 15.1 Å². The smallest absolute Gasteiger partial charge is 0.343 e. The number of amides is 2. The minimum Gasteiger partial charge on any atom is -0.423 e. The molecule has 0 radical (unpaired) electrons. The highest BCUT2D eigenvalue weighted by molar-refractivity contribution is 5.91. The molecule has 0 saturated carbocycles. The van der Waals surface area contributed by atoms with Crippen molar-refractivity contribution < 1.29 is 19.5 Å². The molecule has 23 heavy (non-hydrogen) atoms. The van der Waals surface area contributed by atoms with Gasteiger partial charge in [-0.1, -0.05) is 26.0 Å². The number of nitrogens with one attached hydrogen (secondary N) is 2. The Kier molecular flexibility index (Phi) is 5.32. The molecule has 0 aliphatic heterocycles. The van der Waals surface area contributed by atoms with E-state index in [1.165, 1.54) is 5.48 Å². The lowest BCUT2D eigenvalue weighted by molar-refractivity contribution is 0.0734. The summed E-state index contributed by atoms with van der Waals surface area (Å²) in [7, 11) is 0. The predicted molar refractivity (Wildman–Crippen MR) is 85.9 cm³/mol. The molecule has 0 fully saturated rings. The quantitative estimate of drug-likeness (QED) is 0.348. The van der Waals surface area contributed by atoms with Gasteiger partial charge in [-0.05, 0) is 47.9 Å². The SMILES string of the molecule is CC(C)c1ccc(C(=O)Oc2ccc(NC(=O)NO)cc2)cc1. The van der Waals surface area contributed by atoms with Crippen LogP contribution in [0.15, 0.2) is 48.5 Å². The van der Waals surface area contributed by atoms with Crippen molar-refractivity contribution in [1.82, 2.24) is 5.48 Å². The van der Waals surface area contributed by atoms with Crippen molar-refractivity contribution in [3.63, 3.8) is 0 Å². The van der Waals surface area contributed by atoms with Crippen LogP contribution in [0, 0.1) is 0 Å². The standard InChI is InChI=1S/C17H18N2O4/c1-11(2)12-3-5-13(6-4-12)16(20)23-15-9-7-14(8-10-15)18-17(21)19-22/h3-11,22H,1-2H3,(H2,18,19,21). The molecule has 2 aromatic rings. The number of esters is 1. The molecule has 6 nitrogen and oxygen atoms in total. The van der Waals surface area contributed by atoms with E-state index in [2.05, 4.69) is 19.2 Å². The molecule has 0 spiro atoms. The van der Waals surface area contributed by atoms with Gasteiger partial charge in [-0.3, -0.25) is 5.21 Å². The van der Waals surface area contributed by atoms with Crippen molar-refractivity contribution in [2.45, 2.75) is 19.8 Å². The number of anilines is 1. The van der Waals surface area contributed by atoms with E-state index in [0.717, 1.165) is 5.56 Å². The number of urea groups is 1. The maximum absolute atomic E-state index is 12.1. The van der Waals surface area contributed by atoms with Crippen molar-refractivity contribution in [1.29, 1.82) is 0 Å². The van der Waals surface area contributed by atoms with E-state index >= 15 is 0 Å². The van der Waals surface area contributed by atoms with Gasteiger partial charge in [0.25, 0.3) is 0 Å². The summed E-state index contributed by atoms with van der Waals surface area (Å²) in [5.74, 6) is 0.309. The van der Waals surface area contributed by atoms with E-state index in [0.29, 0.717) is 22.9 Å². The van der Waals surface area contributed by atoms with Crippen LogP contribution in [-0.4, -0.2) is 17.2 Å². The Hall–Kier alpha value is -2.86. The number of hydroxylamine groups is 1. The molecule has 0 aliphatic rings. The fourth-order valence-electron chi connectivity index (χ4n) is 1.94. The molecule has 2 aromatic carbocycles. The minimum absolute atomic E-state index is 0.359. The fraction of sp³-hybridized carbons (Fsp3) is 0.176. The fourth-order valence-corrected chi connectivity index (χ4v) is 1.94. The second-order valence-electron chi connectivity index (χ2n) is 5.26. The molecule has 6 heteroatoms. The molecule has 0 atom stereocenters. The third kappa shape index (κ3) is 4.55. The zero-order valence-corrected chi connectivity index (χ0v) is 12.9. The van der Waals surface area contributed by atoms with Crippen molar-refractivity contribution in [2.75, 3.05) is 5.32 Å². The Balaban J connectivity index is 2.01. The molecule has 0 unspecified atom stereocenters. The molecule has 0 aliphatic carbocycles. The molecular weight excluding hydrogens is 296 g/mol. The number of hydrogen-bond acceptors (Lipinski definition) is 4. The van der Waals surface area contributed by atoms with Gasteiger partial charge in [0, 0.05) is 5.69 Å². The molecule has 0 heterocycles. The first-order valence-corrected chi connectivity index (χ1v) is 7.13. The maximum Gasteiger partial charge on any atom is 0.343 e. The molecule has 0 bridgehead atoms. The highest BCUT2D eigenvalue weighted by atomic mass is 16.5. The molecule has 2 amide bonds.